The fourth-order valence-corrected chi connectivity index (χ4v) is 2.27. The van der Waals surface area contributed by atoms with Crippen LogP contribution in [0.3, 0.4) is 0 Å². The van der Waals surface area contributed by atoms with Gasteiger partial charge in [0.05, 0.1) is 6.61 Å². The van der Waals surface area contributed by atoms with Crippen molar-refractivity contribution in [2.24, 2.45) is 0 Å². The highest BCUT2D eigenvalue weighted by Crippen LogP contribution is 2.19. The van der Waals surface area contributed by atoms with Crippen LogP contribution < -0.4 is 10.1 Å². The van der Waals surface area contributed by atoms with Gasteiger partial charge in [0.25, 0.3) is 5.91 Å². The number of nitrogens with zero attached hydrogens (tertiary/aromatic N) is 2. The molecule has 0 aliphatic heterocycles. The first kappa shape index (κ1) is 16.8. The zero-order valence-electron chi connectivity index (χ0n) is 13.9. The van der Waals surface area contributed by atoms with Gasteiger partial charge in [-0.15, -0.1) is 0 Å². The summed E-state index contributed by atoms with van der Waals surface area (Å²) in [5, 5.41) is 3.21. The molecule has 0 unspecified atom stereocenters. The number of carbonyl (C=O) groups is 1. The van der Waals surface area contributed by atoms with Gasteiger partial charge in [0.15, 0.2) is 0 Å². The van der Waals surface area contributed by atoms with E-state index in [9.17, 15) is 4.79 Å². The van der Waals surface area contributed by atoms with Crippen LogP contribution in [0.4, 0.5) is 11.5 Å². The van der Waals surface area contributed by atoms with E-state index in [4.69, 9.17) is 4.74 Å². The molecule has 23 heavy (non-hydrogen) atoms. The number of amides is 1. The highest BCUT2D eigenvalue weighted by Gasteiger charge is 2.13. The van der Waals surface area contributed by atoms with Crippen LogP contribution >= 0.6 is 0 Å². The summed E-state index contributed by atoms with van der Waals surface area (Å²) in [6.07, 6.45) is 1.65. The van der Waals surface area contributed by atoms with E-state index in [1.807, 2.05) is 45.0 Å². The van der Waals surface area contributed by atoms with E-state index in [1.165, 1.54) is 0 Å². The molecule has 5 nitrogen and oxygen atoms in total. The second kappa shape index (κ2) is 8.17. The molecular formula is C18H23N3O2. The predicted molar refractivity (Wildman–Crippen MR) is 92.4 cm³/mol. The van der Waals surface area contributed by atoms with E-state index < -0.39 is 0 Å². The Morgan fingerprint density at radius 3 is 2.43 bits per heavy atom. The molecule has 1 aromatic carbocycles. The summed E-state index contributed by atoms with van der Waals surface area (Å²) in [6.45, 7) is 7.93. The van der Waals surface area contributed by atoms with Gasteiger partial charge in [-0.1, -0.05) is 0 Å². The Morgan fingerprint density at radius 2 is 1.83 bits per heavy atom. The number of hydrogen-bond donors (Lipinski definition) is 1. The first-order valence-electron chi connectivity index (χ1n) is 7.93. The zero-order chi connectivity index (χ0) is 16.7. The number of carbonyl (C=O) groups excluding carboxylic acids is 1. The van der Waals surface area contributed by atoms with Crippen molar-refractivity contribution >= 4 is 17.4 Å². The third kappa shape index (κ3) is 4.45. The first-order valence-corrected chi connectivity index (χ1v) is 7.93. The lowest BCUT2D eigenvalue weighted by atomic mass is 10.2. The zero-order valence-corrected chi connectivity index (χ0v) is 13.9. The Morgan fingerprint density at radius 1 is 1.13 bits per heavy atom. The third-order valence-electron chi connectivity index (χ3n) is 3.50. The summed E-state index contributed by atoms with van der Waals surface area (Å²) in [6, 6.07) is 11.2. The normalized spacial score (nSPS) is 10.2. The topological polar surface area (TPSA) is 54.5 Å². The van der Waals surface area contributed by atoms with Crippen LogP contribution in [0.2, 0.25) is 0 Å². The summed E-state index contributed by atoms with van der Waals surface area (Å²) in [4.78, 5) is 18.4. The maximum absolute atomic E-state index is 12.4. The molecule has 0 aliphatic rings. The van der Waals surface area contributed by atoms with Gasteiger partial charge in [-0.05, 0) is 57.2 Å². The Hall–Kier alpha value is -2.56. The molecule has 0 radical (unpaired) electrons. The molecule has 0 saturated carbocycles. The summed E-state index contributed by atoms with van der Waals surface area (Å²) in [5.74, 6) is 1.50. The standard InChI is InChI=1S/C18H23N3O2/c1-4-21(5-2)18(22)14-11-12-19-17(13-14)20-15-7-9-16(10-8-15)23-6-3/h7-13H,4-6H2,1-3H3,(H,19,20). The largest absolute Gasteiger partial charge is 0.494 e. The minimum Gasteiger partial charge on any atom is -0.494 e. The third-order valence-corrected chi connectivity index (χ3v) is 3.50. The van der Waals surface area contributed by atoms with Crippen LogP contribution in [0.5, 0.6) is 5.75 Å². The maximum atomic E-state index is 12.4. The van der Waals surface area contributed by atoms with E-state index in [-0.39, 0.29) is 5.91 Å². The molecular weight excluding hydrogens is 290 g/mol. The van der Waals surface area contributed by atoms with Crippen molar-refractivity contribution in [1.82, 2.24) is 9.88 Å². The monoisotopic (exact) mass is 313 g/mol. The van der Waals surface area contributed by atoms with Gasteiger partial charge >= 0.3 is 0 Å². The molecule has 0 spiro atoms. The quantitative estimate of drug-likeness (QED) is 0.846. The van der Waals surface area contributed by atoms with Gasteiger partial charge in [-0.25, -0.2) is 4.98 Å². The van der Waals surface area contributed by atoms with Crippen molar-refractivity contribution in [3.05, 3.63) is 48.2 Å². The molecule has 1 heterocycles. The summed E-state index contributed by atoms with van der Waals surface area (Å²) in [5.41, 5.74) is 1.53. The van der Waals surface area contributed by atoms with Crippen molar-refractivity contribution < 1.29 is 9.53 Å². The number of ether oxygens (including phenoxy) is 1. The predicted octanol–water partition coefficient (Wildman–Crippen LogP) is 3.71. The fourth-order valence-electron chi connectivity index (χ4n) is 2.27. The molecule has 0 bridgehead atoms. The highest BCUT2D eigenvalue weighted by molar-refractivity contribution is 5.94. The van der Waals surface area contributed by atoms with Crippen molar-refractivity contribution in [3.8, 4) is 5.75 Å². The van der Waals surface area contributed by atoms with Gasteiger partial charge in [-0.2, -0.15) is 0 Å². The maximum Gasteiger partial charge on any atom is 0.254 e. The number of anilines is 2. The molecule has 1 aromatic heterocycles. The molecule has 122 valence electrons. The van der Waals surface area contributed by atoms with Gasteiger partial charge in [-0.3, -0.25) is 4.79 Å². The lowest BCUT2D eigenvalue weighted by Crippen LogP contribution is -2.30. The average molecular weight is 313 g/mol. The van der Waals surface area contributed by atoms with Crippen molar-refractivity contribution in [1.29, 1.82) is 0 Å². The number of aromatic nitrogens is 1. The first-order chi connectivity index (χ1) is 11.2. The Bertz CT molecular complexity index is 637. The second-order valence-corrected chi connectivity index (χ2v) is 4.99. The summed E-state index contributed by atoms with van der Waals surface area (Å²) < 4.78 is 5.42. The Labute approximate surface area is 137 Å². The molecule has 1 amide bonds. The minimum atomic E-state index is 0.0205. The molecule has 0 aliphatic carbocycles. The molecule has 2 rings (SSSR count). The van der Waals surface area contributed by atoms with Crippen molar-refractivity contribution in [2.45, 2.75) is 20.8 Å². The van der Waals surface area contributed by atoms with Crippen LogP contribution in [-0.2, 0) is 0 Å². The van der Waals surface area contributed by atoms with Crippen molar-refractivity contribution in [3.63, 3.8) is 0 Å². The van der Waals surface area contributed by atoms with E-state index >= 15 is 0 Å². The Kier molecular flexibility index (Phi) is 5.97. The average Bonchev–Trinajstić information content (AvgIpc) is 2.58. The van der Waals surface area contributed by atoms with Crippen molar-refractivity contribution in [2.75, 3.05) is 25.0 Å². The van der Waals surface area contributed by atoms with Crippen LogP contribution in [0, 0.1) is 0 Å². The Balaban J connectivity index is 2.12. The lowest BCUT2D eigenvalue weighted by Gasteiger charge is -2.18. The number of hydrogen-bond acceptors (Lipinski definition) is 4. The van der Waals surface area contributed by atoms with Gasteiger partial charge < -0.3 is 15.0 Å². The number of pyridine rings is 1. The smallest absolute Gasteiger partial charge is 0.254 e. The van der Waals surface area contributed by atoms with E-state index in [0.717, 1.165) is 11.4 Å². The molecule has 5 heteroatoms. The van der Waals surface area contributed by atoms with Gasteiger partial charge in [0.2, 0.25) is 0 Å². The molecule has 2 aromatic rings. The molecule has 0 saturated heterocycles. The van der Waals surface area contributed by atoms with E-state index in [2.05, 4.69) is 10.3 Å². The van der Waals surface area contributed by atoms with Crippen LogP contribution in [0.1, 0.15) is 31.1 Å². The summed E-state index contributed by atoms with van der Waals surface area (Å²) in [7, 11) is 0. The van der Waals surface area contributed by atoms with E-state index in [1.54, 1.807) is 23.2 Å². The number of benzene rings is 1. The molecule has 0 atom stereocenters. The minimum absolute atomic E-state index is 0.0205. The van der Waals surface area contributed by atoms with Gasteiger partial charge in [0, 0.05) is 30.5 Å². The summed E-state index contributed by atoms with van der Waals surface area (Å²) >= 11 is 0. The highest BCUT2D eigenvalue weighted by atomic mass is 16.5. The van der Waals surface area contributed by atoms with Crippen LogP contribution in [-0.4, -0.2) is 35.5 Å². The van der Waals surface area contributed by atoms with E-state index in [0.29, 0.717) is 31.1 Å². The number of rotatable bonds is 7. The van der Waals surface area contributed by atoms with Crippen LogP contribution in [0.15, 0.2) is 42.6 Å². The lowest BCUT2D eigenvalue weighted by molar-refractivity contribution is 0.0773. The molecule has 1 N–H and O–H groups in total. The SMILES string of the molecule is CCOc1ccc(Nc2cc(C(=O)N(CC)CC)ccn2)cc1. The number of nitrogens with one attached hydrogen (secondary N) is 1. The van der Waals surface area contributed by atoms with Gasteiger partial charge in [0.1, 0.15) is 11.6 Å². The molecule has 0 fully saturated rings. The second-order valence-electron chi connectivity index (χ2n) is 4.99. The van der Waals surface area contributed by atoms with Crippen LogP contribution in [0.25, 0.3) is 0 Å². The fraction of sp³-hybridized carbons (Fsp3) is 0.333.